The van der Waals surface area contributed by atoms with Crippen molar-refractivity contribution < 1.29 is 27.8 Å². The maximum Gasteiger partial charge on any atom is 0.438 e. The molecule has 1 aliphatic rings. The lowest BCUT2D eigenvalue weighted by atomic mass is 10.0. The van der Waals surface area contributed by atoms with E-state index in [1.807, 2.05) is 32.9 Å². The van der Waals surface area contributed by atoms with Crippen LogP contribution in [0.2, 0.25) is 0 Å². The lowest BCUT2D eigenvalue weighted by Gasteiger charge is -2.33. The monoisotopic (exact) mass is 400 g/mol. The fourth-order valence-electron chi connectivity index (χ4n) is 3.06. The maximum atomic E-state index is 13.5. The molecule has 0 aromatic heterocycles. The first-order valence-corrected chi connectivity index (χ1v) is 9.18. The Morgan fingerprint density at radius 1 is 1.36 bits per heavy atom. The molecule has 0 spiro atoms. The highest BCUT2D eigenvalue weighted by Gasteiger charge is 2.63. The van der Waals surface area contributed by atoms with Gasteiger partial charge in [0.05, 0.1) is 0 Å². The molecule has 1 aliphatic heterocycles. The van der Waals surface area contributed by atoms with Gasteiger partial charge in [0.15, 0.2) is 6.61 Å². The van der Waals surface area contributed by atoms with E-state index in [4.69, 9.17) is 4.74 Å². The smallest absolute Gasteiger partial charge is 0.438 e. The number of hydrogen-bond acceptors (Lipinski definition) is 4. The van der Waals surface area contributed by atoms with Crippen molar-refractivity contribution in [1.82, 2.24) is 10.4 Å². The molecule has 1 amide bonds. The standard InChI is InChI=1S/C20H27F3N2O3/c1-12(2)8-15-10-19(27,20(21,22)23)25(24-15)18(26)11-28-17-9-14(5)6-7-16(17)13(3)4/h6-9,12-13,24,27H,10-11H2,1-5H3/b15-8-/t19-/m0/s1. The number of benzene rings is 1. The zero-order chi connectivity index (χ0) is 21.3. The van der Waals surface area contributed by atoms with Crippen molar-refractivity contribution in [3.8, 4) is 5.75 Å². The fourth-order valence-corrected chi connectivity index (χ4v) is 3.06. The molecule has 0 saturated carbocycles. The highest BCUT2D eigenvalue weighted by Crippen LogP contribution is 2.41. The Kier molecular flexibility index (Phi) is 6.33. The van der Waals surface area contributed by atoms with Crippen LogP contribution in [0, 0.1) is 12.8 Å². The van der Waals surface area contributed by atoms with Crippen molar-refractivity contribution in [3.05, 3.63) is 41.1 Å². The summed E-state index contributed by atoms with van der Waals surface area (Å²) >= 11 is 0. The van der Waals surface area contributed by atoms with E-state index in [1.54, 1.807) is 26.0 Å². The van der Waals surface area contributed by atoms with Gasteiger partial charge in [0.2, 0.25) is 0 Å². The first-order chi connectivity index (χ1) is 12.8. The largest absolute Gasteiger partial charge is 0.483 e. The summed E-state index contributed by atoms with van der Waals surface area (Å²) in [7, 11) is 0. The van der Waals surface area contributed by atoms with E-state index in [1.165, 1.54) is 0 Å². The first kappa shape index (κ1) is 22.1. The summed E-state index contributed by atoms with van der Waals surface area (Å²) in [6.45, 7) is 8.70. The van der Waals surface area contributed by atoms with Gasteiger partial charge in [0, 0.05) is 12.1 Å². The second kappa shape index (κ2) is 8.03. The van der Waals surface area contributed by atoms with Crippen LogP contribution >= 0.6 is 0 Å². The van der Waals surface area contributed by atoms with Crippen molar-refractivity contribution in [2.75, 3.05) is 6.61 Å². The van der Waals surface area contributed by atoms with Crippen molar-refractivity contribution >= 4 is 5.91 Å². The fraction of sp³-hybridized carbons (Fsp3) is 0.550. The van der Waals surface area contributed by atoms with Crippen molar-refractivity contribution in [1.29, 1.82) is 0 Å². The second-order valence-corrected chi connectivity index (χ2v) is 7.75. The molecule has 1 aromatic rings. The van der Waals surface area contributed by atoms with E-state index in [-0.39, 0.29) is 22.5 Å². The van der Waals surface area contributed by atoms with Gasteiger partial charge in [-0.2, -0.15) is 13.2 Å². The van der Waals surface area contributed by atoms with Crippen LogP contribution < -0.4 is 10.2 Å². The number of carbonyl (C=O) groups excluding carboxylic acids is 1. The van der Waals surface area contributed by atoms with Gasteiger partial charge in [-0.05, 0) is 36.0 Å². The van der Waals surface area contributed by atoms with Gasteiger partial charge in [-0.15, -0.1) is 0 Å². The minimum absolute atomic E-state index is 0.0489. The van der Waals surface area contributed by atoms with E-state index < -0.39 is 30.8 Å². The topological polar surface area (TPSA) is 61.8 Å². The minimum Gasteiger partial charge on any atom is -0.483 e. The number of amides is 1. The van der Waals surface area contributed by atoms with Crippen LogP contribution in [0.3, 0.4) is 0 Å². The van der Waals surface area contributed by atoms with E-state index >= 15 is 0 Å². The van der Waals surface area contributed by atoms with E-state index in [0.717, 1.165) is 11.1 Å². The number of allylic oxidation sites excluding steroid dienone is 1. The molecule has 5 nitrogen and oxygen atoms in total. The molecule has 1 aromatic carbocycles. The highest BCUT2D eigenvalue weighted by molar-refractivity contribution is 5.79. The first-order valence-electron chi connectivity index (χ1n) is 9.18. The summed E-state index contributed by atoms with van der Waals surface area (Å²) in [6.07, 6.45) is -4.22. The van der Waals surface area contributed by atoms with E-state index in [9.17, 15) is 23.1 Å². The van der Waals surface area contributed by atoms with Crippen molar-refractivity contribution in [3.63, 3.8) is 0 Å². The van der Waals surface area contributed by atoms with Crippen LogP contribution in [0.25, 0.3) is 0 Å². The molecule has 2 N–H and O–H groups in total. The van der Waals surface area contributed by atoms with Gasteiger partial charge >= 0.3 is 6.18 Å². The number of rotatable bonds is 5. The Morgan fingerprint density at radius 2 is 2.00 bits per heavy atom. The normalized spacial score (nSPS) is 21.5. The van der Waals surface area contributed by atoms with Crippen LogP contribution in [0.15, 0.2) is 30.0 Å². The Bertz CT molecular complexity index is 760. The van der Waals surface area contributed by atoms with Gasteiger partial charge in [-0.25, -0.2) is 5.01 Å². The van der Waals surface area contributed by atoms with Gasteiger partial charge in [-0.1, -0.05) is 45.9 Å². The number of aryl methyl sites for hydroxylation is 1. The summed E-state index contributed by atoms with van der Waals surface area (Å²) < 4.78 is 46.0. The average Bonchev–Trinajstić information content (AvgIpc) is 2.89. The van der Waals surface area contributed by atoms with Crippen LogP contribution in [-0.2, 0) is 4.79 Å². The summed E-state index contributed by atoms with van der Waals surface area (Å²) in [5.74, 6) is -0.505. The Morgan fingerprint density at radius 3 is 2.54 bits per heavy atom. The van der Waals surface area contributed by atoms with Gasteiger partial charge in [0.25, 0.3) is 11.6 Å². The van der Waals surface area contributed by atoms with Gasteiger partial charge in [0.1, 0.15) is 5.75 Å². The number of carbonyl (C=O) groups is 1. The third kappa shape index (κ3) is 4.60. The summed E-state index contributed by atoms with van der Waals surface area (Å²) in [6, 6.07) is 5.50. The van der Waals surface area contributed by atoms with Crippen LogP contribution in [-0.4, -0.2) is 34.5 Å². The molecular formula is C20H27F3N2O3. The third-order valence-electron chi connectivity index (χ3n) is 4.44. The Balaban J connectivity index is 2.24. The van der Waals surface area contributed by atoms with E-state index in [2.05, 4.69) is 5.43 Å². The molecule has 1 fully saturated rings. The third-order valence-corrected chi connectivity index (χ3v) is 4.44. The van der Waals surface area contributed by atoms with Gasteiger partial charge < -0.3 is 9.84 Å². The molecule has 28 heavy (non-hydrogen) atoms. The number of alkyl halides is 3. The van der Waals surface area contributed by atoms with Crippen LogP contribution in [0.5, 0.6) is 5.75 Å². The minimum atomic E-state index is -5.02. The molecule has 156 valence electrons. The molecule has 0 aliphatic carbocycles. The molecule has 0 unspecified atom stereocenters. The molecule has 1 heterocycles. The molecule has 0 radical (unpaired) electrons. The second-order valence-electron chi connectivity index (χ2n) is 7.75. The predicted molar refractivity (Wildman–Crippen MR) is 99.3 cm³/mol. The Hall–Kier alpha value is -2.22. The molecule has 2 rings (SSSR count). The van der Waals surface area contributed by atoms with Crippen LogP contribution in [0.1, 0.15) is 51.2 Å². The highest BCUT2D eigenvalue weighted by atomic mass is 19.4. The van der Waals surface area contributed by atoms with Crippen molar-refractivity contribution in [2.45, 2.75) is 58.9 Å². The lowest BCUT2D eigenvalue weighted by Crippen LogP contribution is -2.60. The molecule has 0 bridgehead atoms. The summed E-state index contributed by atoms with van der Waals surface area (Å²) in [5, 5.41) is 10.5. The number of nitrogens with one attached hydrogen (secondary N) is 1. The van der Waals surface area contributed by atoms with Crippen LogP contribution in [0.4, 0.5) is 13.2 Å². The molecule has 1 saturated heterocycles. The zero-order valence-electron chi connectivity index (χ0n) is 16.7. The molecule has 1 atom stereocenters. The number of hydrazine groups is 1. The lowest BCUT2D eigenvalue weighted by molar-refractivity contribution is -0.304. The zero-order valence-corrected chi connectivity index (χ0v) is 16.7. The quantitative estimate of drug-likeness (QED) is 0.784. The average molecular weight is 400 g/mol. The number of nitrogens with zero attached hydrogens (tertiary/aromatic N) is 1. The molecule has 8 heteroatoms. The number of aliphatic hydroxyl groups is 1. The number of hydrogen-bond donors (Lipinski definition) is 2. The number of halogens is 3. The number of ether oxygens (including phenoxy) is 1. The Labute approximate surface area is 163 Å². The molecular weight excluding hydrogens is 373 g/mol. The van der Waals surface area contributed by atoms with Gasteiger partial charge in [-0.3, -0.25) is 10.2 Å². The SMILES string of the molecule is Cc1ccc(C(C)C)c(OCC(=O)N2N/C(=C\C(C)C)C[C@]2(O)C(F)(F)F)c1. The predicted octanol–water partition coefficient (Wildman–Crippen LogP) is 4.02. The summed E-state index contributed by atoms with van der Waals surface area (Å²) in [4.78, 5) is 12.5. The van der Waals surface area contributed by atoms with Crippen molar-refractivity contribution in [2.24, 2.45) is 5.92 Å². The van der Waals surface area contributed by atoms with E-state index in [0.29, 0.717) is 5.75 Å². The summed E-state index contributed by atoms with van der Waals surface area (Å²) in [5.41, 5.74) is 0.971. The maximum absolute atomic E-state index is 13.5.